The molecule has 4 nitrogen and oxygen atoms in total. The SMILES string of the molecule is Cc1ccc(CNC(=O)CN(C)CCCCCO)cc1. The monoisotopic (exact) mass is 278 g/mol. The highest BCUT2D eigenvalue weighted by Gasteiger charge is 2.05. The lowest BCUT2D eigenvalue weighted by molar-refractivity contribution is -0.122. The third kappa shape index (κ3) is 7.26. The van der Waals surface area contributed by atoms with Crippen LogP contribution in [-0.4, -0.2) is 42.7 Å². The van der Waals surface area contributed by atoms with Gasteiger partial charge in [0.15, 0.2) is 0 Å². The van der Waals surface area contributed by atoms with Crippen molar-refractivity contribution >= 4 is 5.91 Å². The summed E-state index contributed by atoms with van der Waals surface area (Å²) in [6, 6.07) is 8.17. The van der Waals surface area contributed by atoms with Crippen LogP contribution < -0.4 is 5.32 Å². The van der Waals surface area contributed by atoms with E-state index < -0.39 is 0 Å². The third-order valence-electron chi connectivity index (χ3n) is 3.22. The Bertz CT molecular complexity index is 390. The maximum atomic E-state index is 11.8. The second-order valence-corrected chi connectivity index (χ2v) is 5.28. The molecule has 1 amide bonds. The summed E-state index contributed by atoms with van der Waals surface area (Å²) < 4.78 is 0. The van der Waals surface area contributed by atoms with Gasteiger partial charge in [-0.15, -0.1) is 0 Å². The number of nitrogens with one attached hydrogen (secondary N) is 1. The standard InChI is InChI=1S/C16H26N2O2/c1-14-6-8-15(9-7-14)12-17-16(20)13-18(2)10-4-3-5-11-19/h6-9,19H,3-5,10-13H2,1-2H3,(H,17,20). The number of benzene rings is 1. The number of nitrogens with zero attached hydrogens (tertiary/aromatic N) is 1. The van der Waals surface area contributed by atoms with E-state index in [-0.39, 0.29) is 12.5 Å². The Labute approximate surface area is 121 Å². The first-order valence-electron chi connectivity index (χ1n) is 7.23. The maximum Gasteiger partial charge on any atom is 0.234 e. The number of unbranched alkanes of at least 4 members (excludes halogenated alkanes) is 2. The van der Waals surface area contributed by atoms with Crippen molar-refractivity contribution in [2.75, 3.05) is 26.7 Å². The topological polar surface area (TPSA) is 52.6 Å². The minimum absolute atomic E-state index is 0.0511. The summed E-state index contributed by atoms with van der Waals surface area (Å²) in [5, 5.41) is 11.6. The van der Waals surface area contributed by atoms with Crippen LogP contribution in [0, 0.1) is 6.92 Å². The normalized spacial score (nSPS) is 10.8. The zero-order valence-electron chi connectivity index (χ0n) is 12.6. The molecule has 0 spiro atoms. The van der Waals surface area contributed by atoms with E-state index in [4.69, 9.17) is 5.11 Å². The molecule has 4 heteroatoms. The molecule has 0 aliphatic carbocycles. The van der Waals surface area contributed by atoms with Crippen molar-refractivity contribution in [3.8, 4) is 0 Å². The lowest BCUT2D eigenvalue weighted by Gasteiger charge is -2.16. The Balaban J connectivity index is 2.17. The van der Waals surface area contributed by atoms with E-state index in [1.54, 1.807) is 0 Å². The van der Waals surface area contributed by atoms with Crippen LogP contribution in [0.1, 0.15) is 30.4 Å². The van der Waals surface area contributed by atoms with Gasteiger partial charge in [0.25, 0.3) is 0 Å². The van der Waals surface area contributed by atoms with Crippen molar-refractivity contribution in [3.63, 3.8) is 0 Å². The number of hydrogen-bond acceptors (Lipinski definition) is 3. The number of aliphatic hydroxyl groups excluding tert-OH is 1. The van der Waals surface area contributed by atoms with Crippen molar-refractivity contribution in [1.29, 1.82) is 0 Å². The summed E-state index contributed by atoms with van der Waals surface area (Å²) in [4.78, 5) is 13.8. The number of carbonyl (C=O) groups excluding carboxylic acids is 1. The first kappa shape index (κ1) is 16.7. The van der Waals surface area contributed by atoms with Crippen LogP contribution in [0.15, 0.2) is 24.3 Å². The average Bonchev–Trinajstić information content (AvgIpc) is 2.43. The zero-order chi connectivity index (χ0) is 14.8. The summed E-state index contributed by atoms with van der Waals surface area (Å²) in [6.45, 7) is 4.19. The predicted octanol–water partition coefficient (Wildman–Crippen LogP) is 1.71. The molecule has 0 saturated carbocycles. The molecule has 0 aliphatic heterocycles. The average molecular weight is 278 g/mol. The fourth-order valence-electron chi connectivity index (χ4n) is 1.96. The van der Waals surface area contributed by atoms with E-state index in [1.165, 1.54) is 5.56 Å². The van der Waals surface area contributed by atoms with Gasteiger partial charge < -0.3 is 10.4 Å². The van der Waals surface area contributed by atoms with E-state index in [9.17, 15) is 4.79 Å². The molecule has 0 atom stereocenters. The second kappa shape index (κ2) is 9.50. The largest absolute Gasteiger partial charge is 0.396 e. The van der Waals surface area contributed by atoms with E-state index in [1.807, 2.05) is 31.0 Å². The van der Waals surface area contributed by atoms with Crippen molar-refractivity contribution in [2.24, 2.45) is 0 Å². The van der Waals surface area contributed by atoms with Gasteiger partial charge in [-0.05, 0) is 45.3 Å². The number of aliphatic hydroxyl groups is 1. The zero-order valence-corrected chi connectivity index (χ0v) is 12.6. The molecule has 0 aromatic heterocycles. The highest BCUT2D eigenvalue weighted by Crippen LogP contribution is 2.02. The molecular weight excluding hydrogens is 252 g/mol. The van der Waals surface area contributed by atoms with Gasteiger partial charge in [-0.25, -0.2) is 0 Å². The minimum atomic E-state index is 0.0511. The Kier molecular flexibility index (Phi) is 7.92. The molecule has 1 aromatic rings. The van der Waals surface area contributed by atoms with Gasteiger partial charge >= 0.3 is 0 Å². The summed E-state index contributed by atoms with van der Waals surface area (Å²) in [6.07, 6.45) is 2.86. The third-order valence-corrected chi connectivity index (χ3v) is 3.22. The van der Waals surface area contributed by atoms with E-state index in [2.05, 4.69) is 17.4 Å². The van der Waals surface area contributed by atoms with Crippen molar-refractivity contribution < 1.29 is 9.90 Å². The van der Waals surface area contributed by atoms with Gasteiger partial charge in [0.1, 0.15) is 0 Å². The summed E-state index contributed by atoms with van der Waals surface area (Å²) in [5.74, 6) is 0.0511. The highest BCUT2D eigenvalue weighted by atomic mass is 16.2. The number of likely N-dealkylation sites (N-methyl/N-ethyl adjacent to an activating group) is 1. The lowest BCUT2D eigenvalue weighted by Crippen LogP contribution is -2.35. The minimum Gasteiger partial charge on any atom is -0.396 e. The molecular formula is C16H26N2O2. The molecule has 0 aliphatic rings. The van der Waals surface area contributed by atoms with Gasteiger partial charge in [-0.3, -0.25) is 9.69 Å². The van der Waals surface area contributed by atoms with Crippen molar-refractivity contribution in [2.45, 2.75) is 32.7 Å². The highest BCUT2D eigenvalue weighted by molar-refractivity contribution is 5.77. The summed E-state index contributed by atoms with van der Waals surface area (Å²) in [5.41, 5.74) is 2.34. The molecule has 2 N–H and O–H groups in total. The van der Waals surface area contributed by atoms with Crippen molar-refractivity contribution in [3.05, 3.63) is 35.4 Å². The fraction of sp³-hybridized carbons (Fsp3) is 0.562. The Morgan fingerprint density at radius 1 is 1.20 bits per heavy atom. The van der Waals surface area contributed by atoms with E-state index in [0.717, 1.165) is 31.4 Å². The summed E-state index contributed by atoms with van der Waals surface area (Å²) in [7, 11) is 1.95. The van der Waals surface area contributed by atoms with E-state index >= 15 is 0 Å². The number of rotatable bonds is 9. The molecule has 1 rings (SSSR count). The van der Waals surface area contributed by atoms with Crippen LogP contribution in [0.5, 0.6) is 0 Å². The van der Waals surface area contributed by atoms with Crippen LogP contribution in [0.2, 0.25) is 0 Å². The number of amides is 1. The molecule has 0 fully saturated rings. The molecule has 112 valence electrons. The number of aryl methyl sites for hydroxylation is 1. The lowest BCUT2D eigenvalue weighted by atomic mass is 10.1. The molecule has 0 heterocycles. The first-order valence-corrected chi connectivity index (χ1v) is 7.23. The molecule has 1 aromatic carbocycles. The number of hydrogen-bond donors (Lipinski definition) is 2. The fourth-order valence-corrected chi connectivity index (χ4v) is 1.96. The molecule has 0 saturated heterocycles. The smallest absolute Gasteiger partial charge is 0.234 e. The van der Waals surface area contributed by atoms with Crippen LogP contribution in [-0.2, 0) is 11.3 Å². The van der Waals surface area contributed by atoms with Gasteiger partial charge in [-0.1, -0.05) is 29.8 Å². The van der Waals surface area contributed by atoms with Gasteiger partial charge in [0.2, 0.25) is 5.91 Å². The van der Waals surface area contributed by atoms with Gasteiger partial charge in [0.05, 0.1) is 6.54 Å². The Morgan fingerprint density at radius 3 is 2.55 bits per heavy atom. The van der Waals surface area contributed by atoms with Crippen LogP contribution >= 0.6 is 0 Å². The molecule has 0 bridgehead atoms. The molecule has 0 unspecified atom stereocenters. The summed E-state index contributed by atoms with van der Waals surface area (Å²) >= 11 is 0. The van der Waals surface area contributed by atoms with Crippen LogP contribution in [0.3, 0.4) is 0 Å². The van der Waals surface area contributed by atoms with Crippen molar-refractivity contribution in [1.82, 2.24) is 10.2 Å². The van der Waals surface area contributed by atoms with Gasteiger partial charge in [-0.2, -0.15) is 0 Å². The van der Waals surface area contributed by atoms with Crippen LogP contribution in [0.4, 0.5) is 0 Å². The van der Waals surface area contributed by atoms with Crippen LogP contribution in [0.25, 0.3) is 0 Å². The Hall–Kier alpha value is -1.39. The molecule has 20 heavy (non-hydrogen) atoms. The second-order valence-electron chi connectivity index (χ2n) is 5.28. The Morgan fingerprint density at radius 2 is 1.90 bits per heavy atom. The van der Waals surface area contributed by atoms with E-state index in [0.29, 0.717) is 13.1 Å². The quantitative estimate of drug-likeness (QED) is 0.676. The molecule has 0 radical (unpaired) electrons. The first-order chi connectivity index (χ1) is 9.61. The number of carbonyl (C=O) groups is 1. The predicted molar refractivity (Wildman–Crippen MR) is 81.5 cm³/mol. The van der Waals surface area contributed by atoms with Gasteiger partial charge in [0, 0.05) is 13.2 Å². The maximum absolute atomic E-state index is 11.8.